The van der Waals surface area contributed by atoms with Crippen LogP contribution < -0.4 is 10.2 Å². The Morgan fingerprint density at radius 2 is 1.72 bits per heavy atom. The number of hydrogen-bond acceptors (Lipinski definition) is 9. The van der Waals surface area contributed by atoms with E-state index in [9.17, 15) is 24.5 Å². The highest BCUT2D eigenvalue weighted by Crippen LogP contribution is 2.38. The number of Topliss-reactive ketones (excluding diaryl/α,β-unsaturated/α-hetero) is 1. The van der Waals surface area contributed by atoms with Gasteiger partial charge in [-0.3, -0.25) is 24.6 Å². The highest BCUT2D eigenvalue weighted by Gasteiger charge is 2.30. The summed E-state index contributed by atoms with van der Waals surface area (Å²) >= 11 is 0. The third kappa shape index (κ3) is 6.47. The first kappa shape index (κ1) is 29.6. The van der Waals surface area contributed by atoms with E-state index in [4.69, 9.17) is 4.74 Å². The molecule has 0 radical (unpaired) electrons. The van der Waals surface area contributed by atoms with Crippen molar-refractivity contribution in [1.82, 2.24) is 9.80 Å². The normalized spacial score (nSPS) is 16.4. The van der Waals surface area contributed by atoms with Gasteiger partial charge in [0.2, 0.25) is 5.91 Å². The molecule has 0 unspecified atom stereocenters. The number of rotatable bonds is 8. The number of benzene rings is 3. The molecule has 1 amide bonds. The van der Waals surface area contributed by atoms with E-state index in [0.717, 1.165) is 31.7 Å². The summed E-state index contributed by atoms with van der Waals surface area (Å²) in [5, 5.41) is 14.9. The van der Waals surface area contributed by atoms with Crippen molar-refractivity contribution in [3.8, 4) is 0 Å². The lowest BCUT2D eigenvalue weighted by Crippen LogP contribution is -2.48. The fourth-order valence-corrected chi connectivity index (χ4v) is 5.31. The number of nitrogens with one attached hydrogen (secondary N) is 1. The third-order valence-corrected chi connectivity index (χ3v) is 7.88. The number of ketones is 1. The SMILES string of the molecule is COC(=O)c1ccc2c(c1)/C(=C(/Nc1ccc(N(C)C(=O)CN3CCN(C)CC3)cc1)c1cccc([N+](=O)[O-])c1)C(=O)C2. The Bertz CT molecular complexity index is 1610. The minimum Gasteiger partial charge on any atom is -0.465 e. The summed E-state index contributed by atoms with van der Waals surface area (Å²) in [5.41, 5.74) is 3.94. The average molecular weight is 584 g/mol. The Morgan fingerprint density at radius 1 is 1.00 bits per heavy atom. The number of anilines is 2. The molecule has 0 saturated carbocycles. The molecule has 5 rings (SSSR count). The van der Waals surface area contributed by atoms with Gasteiger partial charge in [-0.1, -0.05) is 18.2 Å². The Kier molecular flexibility index (Phi) is 8.65. The van der Waals surface area contributed by atoms with Gasteiger partial charge in [-0.25, -0.2) is 4.79 Å². The Hall–Kier alpha value is -4.87. The molecular formula is C32H33N5O6. The number of amides is 1. The van der Waals surface area contributed by atoms with Crippen LogP contribution in [0.4, 0.5) is 17.1 Å². The summed E-state index contributed by atoms with van der Waals surface area (Å²) in [6.07, 6.45) is 0.130. The van der Waals surface area contributed by atoms with Crippen molar-refractivity contribution in [2.24, 2.45) is 0 Å². The lowest BCUT2D eigenvalue weighted by atomic mass is 9.98. The zero-order chi connectivity index (χ0) is 30.7. The van der Waals surface area contributed by atoms with Crippen molar-refractivity contribution in [2.75, 3.05) is 64.1 Å². The van der Waals surface area contributed by atoms with E-state index < -0.39 is 10.9 Å². The molecule has 43 heavy (non-hydrogen) atoms. The predicted molar refractivity (Wildman–Crippen MR) is 164 cm³/mol. The molecule has 222 valence electrons. The quantitative estimate of drug-likeness (QED) is 0.183. The second kappa shape index (κ2) is 12.6. The number of nitro benzene ring substituents is 1. The van der Waals surface area contributed by atoms with Gasteiger partial charge in [0.25, 0.3) is 5.69 Å². The van der Waals surface area contributed by atoms with Crippen LogP contribution in [0.15, 0.2) is 66.7 Å². The number of nitro groups is 1. The second-order valence-electron chi connectivity index (χ2n) is 10.7. The number of non-ortho nitro benzene ring substituents is 1. The van der Waals surface area contributed by atoms with Crippen molar-refractivity contribution in [1.29, 1.82) is 0 Å². The zero-order valence-corrected chi connectivity index (χ0v) is 24.3. The summed E-state index contributed by atoms with van der Waals surface area (Å²) in [7, 11) is 5.10. The van der Waals surface area contributed by atoms with Gasteiger partial charge in [0, 0.05) is 74.3 Å². The highest BCUT2D eigenvalue weighted by molar-refractivity contribution is 6.32. The van der Waals surface area contributed by atoms with E-state index in [0.29, 0.717) is 45.9 Å². The molecule has 0 atom stereocenters. The Labute approximate surface area is 249 Å². The number of nitrogens with zero attached hydrogens (tertiary/aromatic N) is 4. The molecule has 1 aliphatic carbocycles. The molecule has 1 heterocycles. The smallest absolute Gasteiger partial charge is 0.337 e. The maximum Gasteiger partial charge on any atom is 0.337 e. The zero-order valence-electron chi connectivity index (χ0n) is 24.3. The van der Waals surface area contributed by atoms with Crippen LogP contribution >= 0.6 is 0 Å². The number of ether oxygens (including phenoxy) is 1. The lowest BCUT2D eigenvalue weighted by Gasteiger charge is -2.32. The van der Waals surface area contributed by atoms with Crippen LogP contribution in [0.25, 0.3) is 11.3 Å². The summed E-state index contributed by atoms with van der Waals surface area (Å²) in [4.78, 5) is 55.7. The van der Waals surface area contributed by atoms with Crippen LogP contribution in [0.3, 0.4) is 0 Å². The second-order valence-corrected chi connectivity index (χ2v) is 10.7. The van der Waals surface area contributed by atoms with E-state index in [1.807, 2.05) is 0 Å². The van der Waals surface area contributed by atoms with Gasteiger partial charge < -0.3 is 19.9 Å². The molecule has 3 aromatic carbocycles. The molecule has 2 aliphatic rings. The van der Waals surface area contributed by atoms with Crippen LogP contribution in [0.1, 0.15) is 27.0 Å². The number of allylic oxidation sites excluding steroid dienone is 1. The topological polar surface area (TPSA) is 125 Å². The van der Waals surface area contributed by atoms with Crippen LogP contribution in [-0.4, -0.2) is 86.3 Å². The average Bonchev–Trinajstić information content (AvgIpc) is 3.35. The molecule has 11 nitrogen and oxygen atoms in total. The minimum absolute atomic E-state index is 0.0146. The molecule has 0 bridgehead atoms. The van der Waals surface area contributed by atoms with E-state index in [1.54, 1.807) is 66.5 Å². The summed E-state index contributed by atoms with van der Waals surface area (Å²) in [6, 6.07) is 18.2. The number of piperazine rings is 1. The van der Waals surface area contributed by atoms with Crippen molar-refractivity contribution < 1.29 is 24.0 Å². The standard InChI is InChI=1S/C32H33N5O6/c1-34-13-15-36(16-14-34)20-29(39)35(2)25-11-9-24(10-12-25)33-31(22-5-4-6-26(17-22)37(41)42)30-27-18-23(32(40)43-3)8-7-21(27)19-28(30)38/h4-12,17-18,33H,13-16,19-20H2,1-3H3/b31-30-. The minimum atomic E-state index is -0.534. The molecular weight excluding hydrogens is 550 g/mol. The van der Waals surface area contributed by atoms with Gasteiger partial charge in [0.05, 0.1) is 29.8 Å². The largest absolute Gasteiger partial charge is 0.465 e. The summed E-state index contributed by atoms with van der Waals surface area (Å²) < 4.78 is 4.87. The fraction of sp³-hybridized carbons (Fsp3) is 0.281. The number of carbonyl (C=O) groups is 3. The van der Waals surface area contributed by atoms with Crippen molar-refractivity contribution >= 4 is 46.0 Å². The maximum atomic E-state index is 13.4. The van der Waals surface area contributed by atoms with E-state index in [-0.39, 0.29) is 23.8 Å². The molecule has 1 fully saturated rings. The number of likely N-dealkylation sites (N-methyl/N-ethyl adjacent to an activating group) is 2. The van der Waals surface area contributed by atoms with E-state index in [2.05, 4.69) is 22.2 Å². The number of carbonyl (C=O) groups excluding carboxylic acids is 3. The fourth-order valence-electron chi connectivity index (χ4n) is 5.31. The first-order chi connectivity index (χ1) is 20.6. The maximum absolute atomic E-state index is 13.4. The highest BCUT2D eigenvalue weighted by atomic mass is 16.6. The van der Waals surface area contributed by atoms with Crippen molar-refractivity contribution in [3.05, 3.63) is 99.1 Å². The molecule has 11 heteroatoms. The molecule has 1 N–H and O–H groups in total. The summed E-state index contributed by atoms with van der Waals surface area (Å²) in [5.74, 6) is -0.732. The number of methoxy groups -OCH3 is 1. The summed E-state index contributed by atoms with van der Waals surface area (Å²) in [6.45, 7) is 3.88. The van der Waals surface area contributed by atoms with Gasteiger partial charge >= 0.3 is 5.97 Å². The first-order valence-corrected chi connectivity index (χ1v) is 13.9. The van der Waals surface area contributed by atoms with Gasteiger partial charge in [-0.15, -0.1) is 0 Å². The molecule has 0 aromatic heterocycles. The van der Waals surface area contributed by atoms with Crippen molar-refractivity contribution in [3.63, 3.8) is 0 Å². The number of fused-ring (bicyclic) bond motifs is 1. The first-order valence-electron chi connectivity index (χ1n) is 13.9. The lowest BCUT2D eigenvalue weighted by molar-refractivity contribution is -0.384. The van der Waals surface area contributed by atoms with Gasteiger partial charge in [-0.05, 0) is 54.6 Å². The van der Waals surface area contributed by atoms with Gasteiger partial charge in [0.15, 0.2) is 5.78 Å². The number of esters is 1. The molecule has 3 aromatic rings. The van der Waals surface area contributed by atoms with Crippen LogP contribution in [0.2, 0.25) is 0 Å². The Balaban J connectivity index is 1.47. The number of hydrogen-bond donors (Lipinski definition) is 1. The molecule has 1 saturated heterocycles. The molecule has 0 spiro atoms. The van der Waals surface area contributed by atoms with Gasteiger partial charge in [-0.2, -0.15) is 0 Å². The predicted octanol–water partition coefficient (Wildman–Crippen LogP) is 3.70. The van der Waals surface area contributed by atoms with E-state index in [1.165, 1.54) is 19.2 Å². The van der Waals surface area contributed by atoms with Crippen molar-refractivity contribution in [2.45, 2.75) is 6.42 Å². The third-order valence-electron chi connectivity index (χ3n) is 7.88. The monoisotopic (exact) mass is 583 g/mol. The van der Waals surface area contributed by atoms with Crippen LogP contribution in [-0.2, 0) is 20.7 Å². The van der Waals surface area contributed by atoms with E-state index >= 15 is 0 Å². The molecule has 1 aliphatic heterocycles. The van der Waals surface area contributed by atoms with Crippen LogP contribution in [0, 0.1) is 10.1 Å². The van der Waals surface area contributed by atoms with Crippen LogP contribution in [0.5, 0.6) is 0 Å². The Morgan fingerprint density at radius 3 is 2.40 bits per heavy atom. The van der Waals surface area contributed by atoms with Gasteiger partial charge in [0.1, 0.15) is 0 Å².